The summed E-state index contributed by atoms with van der Waals surface area (Å²) >= 11 is 5.86. The van der Waals surface area contributed by atoms with E-state index in [2.05, 4.69) is 10.1 Å². The Labute approximate surface area is 144 Å². The van der Waals surface area contributed by atoms with E-state index in [0.29, 0.717) is 0 Å². The first-order valence-electron chi connectivity index (χ1n) is 7.33. The van der Waals surface area contributed by atoms with Gasteiger partial charge in [-0.2, -0.15) is 9.40 Å². The lowest BCUT2D eigenvalue weighted by Crippen LogP contribution is -2.30. The minimum Gasteiger partial charge on any atom is -0.396 e. The largest absolute Gasteiger partial charge is 0.396 e. The lowest BCUT2D eigenvalue weighted by Gasteiger charge is -2.17. The predicted octanol–water partition coefficient (Wildman–Crippen LogP) is 0.447. The molecule has 0 saturated carbocycles. The normalized spacial score (nSPS) is 22.1. The summed E-state index contributed by atoms with van der Waals surface area (Å²) in [6.07, 6.45) is 4.83. The van der Waals surface area contributed by atoms with Crippen molar-refractivity contribution in [1.82, 2.24) is 19.1 Å². The monoisotopic (exact) mass is 371 g/mol. The van der Waals surface area contributed by atoms with Crippen molar-refractivity contribution in [2.45, 2.75) is 10.8 Å². The van der Waals surface area contributed by atoms with Gasteiger partial charge in [-0.25, -0.2) is 13.4 Å². The number of rotatable bonds is 4. The standard InChI is InChI=1S/C14H18ClN5O3S/c1-19-5-9(3-18-19)12-7-20(6-10(12)8-21)24(22,23)13-2-11(15)4-17-14(13)16/h2-5,10,12,21H,6-8H2,1H3,(H2,16,17)/t10-,12-/m0/s1. The molecule has 0 unspecified atom stereocenters. The van der Waals surface area contributed by atoms with Crippen molar-refractivity contribution in [1.29, 1.82) is 0 Å². The number of aliphatic hydroxyl groups is 1. The average Bonchev–Trinajstić information content (AvgIpc) is 3.15. The molecule has 0 spiro atoms. The Hall–Kier alpha value is -1.68. The van der Waals surface area contributed by atoms with Crippen molar-refractivity contribution in [3.8, 4) is 0 Å². The first-order chi connectivity index (χ1) is 11.3. The highest BCUT2D eigenvalue weighted by molar-refractivity contribution is 7.89. The van der Waals surface area contributed by atoms with Crippen LogP contribution in [0, 0.1) is 5.92 Å². The number of hydrogen-bond donors (Lipinski definition) is 2. The SMILES string of the molecule is Cn1cc([C@@H]2CN(S(=O)(=O)c3cc(Cl)cnc3N)C[C@H]2CO)cn1. The van der Waals surface area contributed by atoms with Crippen LogP contribution in [0.4, 0.5) is 5.82 Å². The number of hydrogen-bond acceptors (Lipinski definition) is 6. The van der Waals surface area contributed by atoms with E-state index in [9.17, 15) is 13.5 Å². The minimum absolute atomic E-state index is 0.0928. The summed E-state index contributed by atoms with van der Waals surface area (Å²) in [4.78, 5) is 3.70. The Bertz CT molecular complexity index is 854. The highest BCUT2D eigenvalue weighted by Crippen LogP contribution is 2.36. The first kappa shape index (κ1) is 17.2. The van der Waals surface area contributed by atoms with Crippen LogP contribution in [0.5, 0.6) is 0 Å². The molecule has 3 heterocycles. The Morgan fingerprint density at radius 2 is 2.17 bits per heavy atom. The van der Waals surface area contributed by atoms with Crippen LogP contribution in [0.25, 0.3) is 0 Å². The van der Waals surface area contributed by atoms with Gasteiger partial charge in [-0.3, -0.25) is 4.68 Å². The van der Waals surface area contributed by atoms with Crippen LogP contribution >= 0.6 is 11.6 Å². The number of nitrogens with zero attached hydrogens (tertiary/aromatic N) is 4. The second-order valence-corrected chi connectivity index (χ2v) is 8.20. The highest BCUT2D eigenvalue weighted by atomic mass is 35.5. The molecule has 0 radical (unpaired) electrons. The molecule has 1 saturated heterocycles. The Balaban J connectivity index is 1.94. The number of nitrogen functional groups attached to an aromatic ring is 1. The fourth-order valence-electron chi connectivity index (χ4n) is 3.00. The first-order valence-corrected chi connectivity index (χ1v) is 9.15. The van der Waals surface area contributed by atoms with Crippen molar-refractivity contribution >= 4 is 27.4 Å². The molecule has 1 aliphatic rings. The van der Waals surface area contributed by atoms with Gasteiger partial charge in [-0.15, -0.1) is 0 Å². The molecule has 3 N–H and O–H groups in total. The quantitative estimate of drug-likeness (QED) is 0.806. The topological polar surface area (TPSA) is 114 Å². The van der Waals surface area contributed by atoms with E-state index in [1.165, 1.54) is 16.6 Å². The fraction of sp³-hybridized carbons (Fsp3) is 0.429. The molecule has 0 aromatic carbocycles. The molecule has 10 heteroatoms. The summed E-state index contributed by atoms with van der Waals surface area (Å²) in [6, 6.07) is 1.30. The number of sulfonamides is 1. The van der Waals surface area contributed by atoms with Crippen LogP contribution in [0.15, 0.2) is 29.6 Å². The molecule has 0 bridgehead atoms. The average molecular weight is 372 g/mol. The summed E-state index contributed by atoms with van der Waals surface area (Å²) in [5, 5.41) is 14.0. The number of anilines is 1. The number of aromatic nitrogens is 3. The number of pyridine rings is 1. The lowest BCUT2D eigenvalue weighted by atomic mass is 9.92. The van der Waals surface area contributed by atoms with E-state index in [-0.39, 0.29) is 47.3 Å². The smallest absolute Gasteiger partial charge is 0.246 e. The summed E-state index contributed by atoms with van der Waals surface area (Å²) in [5.74, 6) is -0.436. The van der Waals surface area contributed by atoms with Gasteiger partial charge < -0.3 is 10.8 Å². The maximum absolute atomic E-state index is 12.9. The molecule has 2 atom stereocenters. The van der Waals surface area contributed by atoms with E-state index in [1.54, 1.807) is 17.9 Å². The Morgan fingerprint density at radius 1 is 1.42 bits per heavy atom. The molecule has 0 aliphatic carbocycles. The van der Waals surface area contributed by atoms with Crippen LogP contribution < -0.4 is 5.73 Å². The summed E-state index contributed by atoms with van der Waals surface area (Å²) < 4.78 is 28.8. The van der Waals surface area contributed by atoms with Crippen LogP contribution in [-0.2, 0) is 17.1 Å². The maximum atomic E-state index is 12.9. The van der Waals surface area contributed by atoms with Gasteiger partial charge in [0.1, 0.15) is 10.7 Å². The molecule has 2 aromatic heterocycles. The van der Waals surface area contributed by atoms with Crippen molar-refractivity contribution in [3.63, 3.8) is 0 Å². The Morgan fingerprint density at radius 3 is 2.79 bits per heavy atom. The number of aliphatic hydroxyl groups excluding tert-OH is 1. The van der Waals surface area contributed by atoms with Gasteiger partial charge in [-0.05, 0) is 11.6 Å². The van der Waals surface area contributed by atoms with Gasteiger partial charge in [0.15, 0.2) is 0 Å². The van der Waals surface area contributed by atoms with Crippen molar-refractivity contribution in [3.05, 3.63) is 35.2 Å². The summed E-state index contributed by atoms with van der Waals surface area (Å²) in [5.41, 5.74) is 6.62. The zero-order valence-corrected chi connectivity index (χ0v) is 14.6. The third kappa shape index (κ3) is 3.00. The van der Waals surface area contributed by atoms with Gasteiger partial charge in [0.25, 0.3) is 0 Å². The maximum Gasteiger partial charge on any atom is 0.246 e. The summed E-state index contributed by atoms with van der Waals surface area (Å²) in [7, 11) is -2.06. The molecule has 3 rings (SSSR count). The van der Waals surface area contributed by atoms with Crippen LogP contribution in [-0.4, -0.2) is 52.3 Å². The lowest BCUT2D eigenvalue weighted by molar-refractivity contribution is 0.223. The number of nitrogens with two attached hydrogens (primary N) is 1. The van der Waals surface area contributed by atoms with Crippen LogP contribution in [0.3, 0.4) is 0 Å². The highest BCUT2D eigenvalue weighted by Gasteiger charge is 2.41. The van der Waals surface area contributed by atoms with Gasteiger partial charge in [-0.1, -0.05) is 11.6 Å². The van der Waals surface area contributed by atoms with Gasteiger partial charge >= 0.3 is 0 Å². The van der Waals surface area contributed by atoms with Crippen molar-refractivity contribution in [2.24, 2.45) is 13.0 Å². The molecular formula is C14H18ClN5O3S. The summed E-state index contributed by atoms with van der Waals surface area (Å²) in [6.45, 7) is 0.324. The molecule has 2 aromatic rings. The van der Waals surface area contributed by atoms with Crippen molar-refractivity contribution in [2.75, 3.05) is 25.4 Å². The van der Waals surface area contributed by atoms with Gasteiger partial charge in [0.2, 0.25) is 10.0 Å². The van der Waals surface area contributed by atoms with E-state index in [0.717, 1.165) is 5.56 Å². The number of aryl methyl sites for hydroxylation is 1. The molecular weight excluding hydrogens is 354 g/mol. The molecule has 24 heavy (non-hydrogen) atoms. The fourth-order valence-corrected chi connectivity index (χ4v) is 4.84. The molecule has 8 nitrogen and oxygen atoms in total. The predicted molar refractivity (Wildman–Crippen MR) is 88.9 cm³/mol. The van der Waals surface area contributed by atoms with E-state index in [1.807, 2.05) is 6.20 Å². The number of halogens is 1. The zero-order chi connectivity index (χ0) is 17.5. The van der Waals surface area contributed by atoms with Crippen LogP contribution in [0.1, 0.15) is 11.5 Å². The third-order valence-corrected chi connectivity index (χ3v) is 6.33. The van der Waals surface area contributed by atoms with Crippen molar-refractivity contribution < 1.29 is 13.5 Å². The third-order valence-electron chi connectivity index (χ3n) is 4.26. The van der Waals surface area contributed by atoms with E-state index >= 15 is 0 Å². The van der Waals surface area contributed by atoms with Gasteiger partial charge in [0, 0.05) is 51.0 Å². The van der Waals surface area contributed by atoms with Gasteiger partial charge in [0.05, 0.1) is 11.2 Å². The molecule has 130 valence electrons. The second kappa shape index (κ2) is 6.32. The van der Waals surface area contributed by atoms with E-state index < -0.39 is 10.0 Å². The second-order valence-electron chi connectivity index (χ2n) is 5.86. The minimum atomic E-state index is -3.85. The van der Waals surface area contributed by atoms with E-state index in [4.69, 9.17) is 17.3 Å². The molecule has 0 amide bonds. The molecule has 1 aliphatic heterocycles. The Kier molecular flexibility index (Phi) is 4.52. The zero-order valence-electron chi connectivity index (χ0n) is 13.0. The van der Waals surface area contributed by atoms with Crippen LogP contribution in [0.2, 0.25) is 5.02 Å². The molecule has 1 fully saturated rings.